The molecule has 5 nitrogen and oxygen atoms in total. The minimum absolute atomic E-state index is 0.658. The third-order valence-corrected chi connectivity index (χ3v) is 11.1. The van der Waals surface area contributed by atoms with E-state index in [9.17, 15) is 0 Å². The Balaban J connectivity index is 1.12. The Morgan fingerprint density at radius 2 is 1.12 bits per heavy atom. The van der Waals surface area contributed by atoms with Crippen LogP contribution in [0.1, 0.15) is 0 Å². The fourth-order valence-electron chi connectivity index (χ4n) is 7.58. The first-order chi connectivity index (χ1) is 25.3. The van der Waals surface area contributed by atoms with Crippen molar-refractivity contribution < 1.29 is 4.74 Å². The van der Waals surface area contributed by atoms with Crippen LogP contribution in [0.3, 0.4) is 0 Å². The molecule has 7 aromatic carbocycles. The zero-order chi connectivity index (χ0) is 33.5. The fourth-order valence-corrected chi connectivity index (χ4v) is 8.82. The third-order valence-electron chi connectivity index (χ3n) is 9.85. The zero-order valence-electron chi connectivity index (χ0n) is 27.1. The molecule has 0 unspecified atom stereocenters. The number of benzene rings is 7. The number of hydrogen-bond donors (Lipinski definition) is 0. The van der Waals surface area contributed by atoms with Gasteiger partial charge >= 0.3 is 0 Å². The molecule has 0 amide bonds. The first kappa shape index (κ1) is 28.2. The van der Waals surface area contributed by atoms with Gasteiger partial charge in [0.1, 0.15) is 0 Å². The van der Waals surface area contributed by atoms with Gasteiger partial charge in [-0.3, -0.25) is 0 Å². The summed E-state index contributed by atoms with van der Waals surface area (Å²) in [5, 5.41) is 4.81. The Labute approximate surface area is 296 Å². The second-order valence-corrected chi connectivity index (χ2v) is 13.8. The van der Waals surface area contributed by atoms with Crippen LogP contribution in [0.15, 0.2) is 158 Å². The standard InChI is InChI=1S/C45H26N4OS/c1-3-12-27(13-4-1)43-46-44(28-14-5-2-6-15-28)48-45(47-43)33-19-9-18-32-40-30(16-11-23-39(40)51-42(32)33)29-24-25-35-34(26-29)31-17-10-22-38-41(31)49(35)36-20-7-8-21-37(36)50-38/h1-26H. The summed E-state index contributed by atoms with van der Waals surface area (Å²) in [7, 11) is 0. The molecule has 0 bridgehead atoms. The molecule has 238 valence electrons. The topological polar surface area (TPSA) is 52.8 Å². The number of nitrogens with zero attached hydrogens (tertiary/aromatic N) is 4. The van der Waals surface area contributed by atoms with Crippen molar-refractivity contribution in [2.45, 2.75) is 0 Å². The summed E-state index contributed by atoms with van der Waals surface area (Å²) in [5.41, 5.74) is 8.62. The molecule has 0 spiro atoms. The minimum Gasteiger partial charge on any atom is -0.453 e. The number of hydrogen-bond acceptors (Lipinski definition) is 5. The maximum Gasteiger partial charge on any atom is 0.165 e. The van der Waals surface area contributed by atoms with Crippen LogP contribution in [0.5, 0.6) is 11.5 Å². The van der Waals surface area contributed by atoms with E-state index in [-0.39, 0.29) is 0 Å². The van der Waals surface area contributed by atoms with Gasteiger partial charge in [0.15, 0.2) is 29.0 Å². The normalized spacial score (nSPS) is 12.1. The molecule has 11 rings (SSSR count). The number of fused-ring (bicyclic) bond motifs is 8. The van der Waals surface area contributed by atoms with Gasteiger partial charge in [0.2, 0.25) is 0 Å². The Morgan fingerprint density at radius 3 is 1.92 bits per heavy atom. The Morgan fingerprint density at radius 1 is 0.471 bits per heavy atom. The molecule has 3 aromatic heterocycles. The molecule has 10 aromatic rings. The number of para-hydroxylation sites is 3. The van der Waals surface area contributed by atoms with Crippen LogP contribution >= 0.6 is 11.3 Å². The van der Waals surface area contributed by atoms with Crippen LogP contribution in [0, 0.1) is 0 Å². The maximum absolute atomic E-state index is 6.37. The number of ether oxygens (including phenoxy) is 1. The van der Waals surface area contributed by atoms with Crippen molar-refractivity contribution in [3.63, 3.8) is 0 Å². The van der Waals surface area contributed by atoms with Gasteiger partial charge in [0.05, 0.1) is 16.7 Å². The van der Waals surface area contributed by atoms with Gasteiger partial charge in [-0.1, -0.05) is 115 Å². The molecule has 0 aliphatic carbocycles. The highest BCUT2D eigenvalue weighted by Crippen LogP contribution is 2.48. The van der Waals surface area contributed by atoms with Crippen molar-refractivity contribution >= 4 is 53.3 Å². The van der Waals surface area contributed by atoms with Gasteiger partial charge < -0.3 is 9.30 Å². The van der Waals surface area contributed by atoms with Crippen LogP contribution in [0.2, 0.25) is 0 Å². The molecule has 1 aliphatic rings. The van der Waals surface area contributed by atoms with E-state index in [4.69, 9.17) is 19.7 Å². The van der Waals surface area contributed by atoms with Crippen LogP contribution in [0.4, 0.5) is 0 Å². The lowest BCUT2D eigenvalue weighted by molar-refractivity contribution is 0.476. The van der Waals surface area contributed by atoms with Gasteiger partial charge in [0.25, 0.3) is 0 Å². The zero-order valence-corrected chi connectivity index (χ0v) is 27.9. The molecule has 0 radical (unpaired) electrons. The van der Waals surface area contributed by atoms with Gasteiger partial charge in [-0.2, -0.15) is 0 Å². The lowest BCUT2D eigenvalue weighted by Crippen LogP contribution is -2.03. The SMILES string of the molecule is c1ccc(-c2nc(-c3ccccc3)nc(-c3cccc4c3sc3cccc(-c5ccc6c(c5)c5cccc7c5n6-c5ccccc5O7)c34)n2)cc1. The van der Waals surface area contributed by atoms with E-state index in [1.165, 1.54) is 42.9 Å². The third kappa shape index (κ3) is 4.30. The number of aromatic nitrogens is 4. The summed E-state index contributed by atoms with van der Waals surface area (Å²) in [6, 6.07) is 54.9. The summed E-state index contributed by atoms with van der Waals surface area (Å²) in [5.74, 6) is 3.73. The van der Waals surface area contributed by atoms with Gasteiger partial charge in [-0.05, 0) is 53.6 Å². The summed E-state index contributed by atoms with van der Waals surface area (Å²) < 4.78 is 11.1. The van der Waals surface area contributed by atoms with Gasteiger partial charge in [-0.15, -0.1) is 11.3 Å². The van der Waals surface area contributed by atoms with E-state index in [2.05, 4.69) is 89.5 Å². The van der Waals surface area contributed by atoms with Crippen molar-refractivity contribution in [1.82, 2.24) is 19.5 Å². The summed E-state index contributed by atoms with van der Waals surface area (Å²) in [4.78, 5) is 15.1. The molecule has 0 saturated carbocycles. The molecule has 0 atom stereocenters. The average molecular weight is 671 g/mol. The van der Waals surface area contributed by atoms with E-state index >= 15 is 0 Å². The monoisotopic (exact) mass is 670 g/mol. The molecule has 51 heavy (non-hydrogen) atoms. The van der Waals surface area contributed by atoms with Gasteiger partial charge in [-0.25, -0.2) is 15.0 Å². The Hall–Kier alpha value is -6.63. The predicted octanol–water partition coefficient (Wildman–Crippen LogP) is 12.1. The summed E-state index contributed by atoms with van der Waals surface area (Å²) >= 11 is 1.79. The number of rotatable bonds is 4. The first-order valence-electron chi connectivity index (χ1n) is 16.9. The van der Waals surface area contributed by atoms with Crippen molar-refractivity contribution in [1.29, 1.82) is 0 Å². The van der Waals surface area contributed by atoms with Crippen LogP contribution in [-0.2, 0) is 0 Å². The highest BCUT2D eigenvalue weighted by atomic mass is 32.1. The molecule has 4 heterocycles. The quantitative estimate of drug-likeness (QED) is 0.187. The van der Waals surface area contributed by atoms with E-state index in [0.29, 0.717) is 17.5 Å². The molecule has 6 heteroatoms. The van der Waals surface area contributed by atoms with Crippen molar-refractivity contribution in [2.75, 3.05) is 0 Å². The molecule has 0 fully saturated rings. The fraction of sp³-hybridized carbons (Fsp3) is 0. The van der Waals surface area contributed by atoms with Crippen LogP contribution < -0.4 is 4.74 Å². The van der Waals surface area contributed by atoms with E-state index in [0.717, 1.165) is 44.1 Å². The largest absolute Gasteiger partial charge is 0.453 e. The molecule has 0 N–H and O–H groups in total. The summed E-state index contributed by atoms with van der Waals surface area (Å²) in [6.07, 6.45) is 0. The van der Waals surface area contributed by atoms with Crippen LogP contribution in [-0.4, -0.2) is 19.5 Å². The highest BCUT2D eigenvalue weighted by molar-refractivity contribution is 7.26. The minimum atomic E-state index is 0.658. The second-order valence-electron chi connectivity index (χ2n) is 12.8. The lowest BCUT2D eigenvalue weighted by Gasteiger charge is -2.20. The van der Waals surface area contributed by atoms with E-state index in [1.807, 2.05) is 72.8 Å². The highest BCUT2D eigenvalue weighted by Gasteiger charge is 2.24. The lowest BCUT2D eigenvalue weighted by atomic mass is 9.97. The van der Waals surface area contributed by atoms with E-state index in [1.54, 1.807) is 11.3 Å². The van der Waals surface area contributed by atoms with Crippen molar-refractivity contribution in [3.05, 3.63) is 158 Å². The maximum atomic E-state index is 6.37. The average Bonchev–Trinajstić information content (AvgIpc) is 3.75. The Bertz CT molecular complexity index is 2940. The molecular weight excluding hydrogens is 645 g/mol. The van der Waals surface area contributed by atoms with Crippen LogP contribution in [0.25, 0.3) is 93.0 Å². The van der Waals surface area contributed by atoms with E-state index < -0.39 is 0 Å². The first-order valence-corrected chi connectivity index (χ1v) is 17.8. The molecular formula is C45H26N4OS. The molecule has 1 aliphatic heterocycles. The van der Waals surface area contributed by atoms with Gasteiger partial charge in [0, 0.05) is 47.6 Å². The van der Waals surface area contributed by atoms with Crippen molar-refractivity contribution in [3.8, 4) is 62.5 Å². The second kappa shape index (κ2) is 10.9. The Kier molecular flexibility index (Phi) is 6.05. The number of thiophene rings is 1. The molecule has 0 saturated heterocycles. The van der Waals surface area contributed by atoms with Crippen molar-refractivity contribution in [2.24, 2.45) is 0 Å². The summed E-state index contributed by atoms with van der Waals surface area (Å²) in [6.45, 7) is 0. The predicted molar refractivity (Wildman–Crippen MR) is 209 cm³/mol. The smallest absolute Gasteiger partial charge is 0.165 e.